The van der Waals surface area contributed by atoms with Crippen molar-refractivity contribution < 1.29 is 24.9 Å². The lowest BCUT2D eigenvalue weighted by molar-refractivity contribution is -0.139. The molecule has 1 aliphatic heterocycles. The second-order valence-corrected chi connectivity index (χ2v) is 4.38. The summed E-state index contributed by atoms with van der Waals surface area (Å²) < 4.78 is 0. The van der Waals surface area contributed by atoms with Crippen molar-refractivity contribution in [3.05, 3.63) is 0 Å². The molecular weight excluding hydrogens is 240 g/mol. The van der Waals surface area contributed by atoms with Crippen LogP contribution in [0.15, 0.2) is 0 Å². The number of aliphatic hydroxyl groups is 2. The molecule has 0 aliphatic carbocycles. The van der Waals surface area contributed by atoms with Crippen LogP contribution in [0.25, 0.3) is 0 Å². The van der Waals surface area contributed by atoms with Gasteiger partial charge < -0.3 is 25.5 Å². The molecule has 104 valence electrons. The van der Waals surface area contributed by atoms with Crippen LogP contribution in [0.4, 0.5) is 4.79 Å². The van der Waals surface area contributed by atoms with Gasteiger partial charge in [0.15, 0.2) is 0 Å². The van der Waals surface area contributed by atoms with Crippen molar-refractivity contribution in [2.45, 2.75) is 37.8 Å². The van der Waals surface area contributed by atoms with Gasteiger partial charge in [-0.05, 0) is 19.3 Å². The zero-order valence-electron chi connectivity index (χ0n) is 10.2. The topological polar surface area (TPSA) is 110 Å². The number of rotatable bonds is 5. The fraction of sp³-hybridized carbons (Fsp3) is 0.818. The van der Waals surface area contributed by atoms with Crippen LogP contribution in [0.3, 0.4) is 0 Å². The molecule has 1 fully saturated rings. The van der Waals surface area contributed by atoms with Gasteiger partial charge in [-0.1, -0.05) is 0 Å². The molecule has 0 radical (unpaired) electrons. The van der Waals surface area contributed by atoms with Gasteiger partial charge in [0.2, 0.25) is 0 Å². The highest BCUT2D eigenvalue weighted by Crippen LogP contribution is 2.16. The second-order valence-electron chi connectivity index (χ2n) is 4.38. The van der Waals surface area contributed by atoms with E-state index in [1.807, 2.05) is 0 Å². The quantitative estimate of drug-likeness (QED) is 0.526. The lowest BCUT2D eigenvalue weighted by Gasteiger charge is -2.35. The van der Waals surface area contributed by atoms with Crippen LogP contribution in [0.5, 0.6) is 0 Å². The van der Waals surface area contributed by atoms with Crippen LogP contribution in [0.1, 0.15) is 25.7 Å². The molecule has 0 spiro atoms. The van der Waals surface area contributed by atoms with Gasteiger partial charge in [0, 0.05) is 19.6 Å². The summed E-state index contributed by atoms with van der Waals surface area (Å²) >= 11 is 0. The molecule has 18 heavy (non-hydrogen) atoms. The molecule has 4 N–H and O–H groups in total. The largest absolute Gasteiger partial charge is 0.480 e. The number of urea groups is 1. The Bertz CT molecular complexity index is 297. The number of carbonyl (C=O) groups excluding carboxylic acids is 1. The van der Waals surface area contributed by atoms with Gasteiger partial charge in [-0.3, -0.25) is 0 Å². The number of hydrogen-bond acceptors (Lipinski definition) is 4. The standard InChI is InChI=1S/C11H20N2O5/c14-6-4-9(10(16)17)12-11(18)13-5-2-1-3-8(13)7-15/h8-9,14-15H,1-7H2,(H,12,18)(H,16,17)/t8?,9-/m1/s1. The molecule has 2 amide bonds. The fourth-order valence-electron chi connectivity index (χ4n) is 2.08. The van der Waals surface area contributed by atoms with E-state index in [4.69, 9.17) is 10.2 Å². The number of aliphatic carboxylic acids is 1. The predicted molar refractivity (Wildman–Crippen MR) is 63.1 cm³/mol. The van der Waals surface area contributed by atoms with Crippen molar-refractivity contribution in [2.75, 3.05) is 19.8 Å². The highest BCUT2D eigenvalue weighted by atomic mass is 16.4. The third-order valence-electron chi connectivity index (χ3n) is 3.11. The summed E-state index contributed by atoms with van der Waals surface area (Å²) in [5.41, 5.74) is 0. The number of nitrogens with one attached hydrogen (secondary N) is 1. The van der Waals surface area contributed by atoms with E-state index in [9.17, 15) is 14.7 Å². The molecule has 0 bridgehead atoms. The summed E-state index contributed by atoms with van der Waals surface area (Å²) in [6.07, 6.45) is 2.50. The van der Waals surface area contributed by atoms with Crippen LogP contribution in [-0.4, -0.2) is 64.1 Å². The lowest BCUT2D eigenvalue weighted by atomic mass is 10.0. The Hall–Kier alpha value is -1.34. The number of carbonyl (C=O) groups is 2. The Morgan fingerprint density at radius 1 is 1.33 bits per heavy atom. The first-order valence-corrected chi connectivity index (χ1v) is 6.11. The Labute approximate surface area is 105 Å². The summed E-state index contributed by atoms with van der Waals surface area (Å²) in [4.78, 5) is 24.2. The summed E-state index contributed by atoms with van der Waals surface area (Å²) in [7, 11) is 0. The number of carboxylic acids is 1. The number of piperidine rings is 1. The van der Waals surface area contributed by atoms with Crippen molar-refractivity contribution in [3.8, 4) is 0 Å². The van der Waals surface area contributed by atoms with Crippen LogP contribution in [-0.2, 0) is 4.79 Å². The van der Waals surface area contributed by atoms with Gasteiger partial charge in [0.1, 0.15) is 6.04 Å². The highest BCUT2D eigenvalue weighted by Gasteiger charge is 2.29. The van der Waals surface area contributed by atoms with Crippen LogP contribution in [0, 0.1) is 0 Å². The zero-order chi connectivity index (χ0) is 13.5. The normalized spacial score (nSPS) is 21.4. The number of nitrogens with zero attached hydrogens (tertiary/aromatic N) is 1. The molecule has 1 unspecified atom stereocenters. The first kappa shape index (κ1) is 14.7. The van der Waals surface area contributed by atoms with Crippen molar-refractivity contribution in [2.24, 2.45) is 0 Å². The molecule has 1 aliphatic rings. The van der Waals surface area contributed by atoms with Crippen LogP contribution in [0.2, 0.25) is 0 Å². The smallest absolute Gasteiger partial charge is 0.326 e. The summed E-state index contributed by atoms with van der Waals surface area (Å²) in [6, 6.07) is -1.83. The average molecular weight is 260 g/mol. The number of likely N-dealkylation sites (tertiary alicyclic amines) is 1. The molecule has 0 aromatic rings. The Kier molecular flexibility index (Phi) is 5.87. The third kappa shape index (κ3) is 3.85. The van der Waals surface area contributed by atoms with Crippen molar-refractivity contribution in [1.29, 1.82) is 0 Å². The van der Waals surface area contributed by atoms with Crippen molar-refractivity contribution >= 4 is 12.0 Å². The minimum absolute atomic E-state index is 0.0291. The van der Waals surface area contributed by atoms with E-state index < -0.39 is 18.0 Å². The summed E-state index contributed by atoms with van der Waals surface area (Å²) in [5, 5.41) is 29.2. The van der Waals surface area contributed by atoms with Gasteiger partial charge in [-0.15, -0.1) is 0 Å². The van der Waals surface area contributed by atoms with Gasteiger partial charge in [0.05, 0.1) is 12.6 Å². The molecule has 7 heteroatoms. The zero-order valence-corrected chi connectivity index (χ0v) is 10.2. The van der Waals surface area contributed by atoms with E-state index >= 15 is 0 Å². The maximum atomic E-state index is 11.9. The van der Waals surface area contributed by atoms with Gasteiger partial charge in [-0.2, -0.15) is 0 Å². The molecule has 1 heterocycles. The predicted octanol–water partition coefficient (Wildman–Crippen LogP) is -0.622. The molecule has 1 rings (SSSR count). The molecule has 0 aromatic heterocycles. The Morgan fingerprint density at radius 3 is 2.61 bits per heavy atom. The van der Waals surface area contributed by atoms with Gasteiger partial charge >= 0.3 is 12.0 Å². The summed E-state index contributed by atoms with van der Waals surface area (Å²) in [6.45, 7) is 0.0916. The van der Waals surface area contributed by atoms with Crippen LogP contribution >= 0.6 is 0 Å². The molecule has 0 aromatic carbocycles. The monoisotopic (exact) mass is 260 g/mol. The van der Waals surface area contributed by atoms with Crippen molar-refractivity contribution in [3.63, 3.8) is 0 Å². The van der Waals surface area contributed by atoms with Gasteiger partial charge in [-0.25, -0.2) is 9.59 Å². The highest BCUT2D eigenvalue weighted by molar-refractivity contribution is 5.82. The lowest BCUT2D eigenvalue weighted by Crippen LogP contribution is -2.54. The Balaban J connectivity index is 2.58. The Morgan fingerprint density at radius 2 is 2.06 bits per heavy atom. The molecule has 7 nitrogen and oxygen atoms in total. The van der Waals surface area contributed by atoms with E-state index in [-0.39, 0.29) is 25.7 Å². The number of aliphatic hydroxyl groups excluding tert-OH is 2. The number of carboxylic acid groups (broad SMARTS) is 1. The first-order valence-electron chi connectivity index (χ1n) is 6.11. The second kappa shape index (κ2) is 7.17. The van der Waals surface area contributed by atoms with E-state index in [0.717, 1.165) is 19.3 Å². The SMILES string of the molecule is O=C(O)[C@@H](CCO)NC(=O)N1CCCCC1CO. The molecular formula is C11H20N2O5. The van der Waals surface area contributed by atoms with E-state index in [1.165, 1.54) is 4.90 Å². The number of hydrogen-bond donors (Lipinski definition) is 4. The van der Waals surface area contributed by atoms with Crippen LogP contribution < -0.4 is 5.32 Å². The maximum absolute atomic E-state index is 11.9. The summed E-state index contributed by atoms with van der Waals surface area (Å²) in [5.74, 6) is -1.17. The van der Waals surface area contributed by atoms with E-state index in [1.54, 1.807) is 0 Å². The molecule has 0 saturated carbocycles. The van der Waals surface area contributed by atoms with Gasteiger partial charge in [0.25, 0.3) is 0 Å². The van der Waals surface area contributed by atoms with E-state index in [2.05, 4.69) is 5.32 Å². The first-order chi connectivity index (χ1) is 8.60. The maximum Gasteiger partial charge on any atom is 0.326 e. The third-order valence-corrected chi connectivity index (χ3v) is 3.11. The minimum atomic E-state index is -1.17. The van der Waals surface area contributed by atoms with Crippen molar-refractivity contribution in [1.82, 2.24) is 10.2 Å². The molecule has 2 atom stereocenters. The average Bonchev–Trinajstić information content (AvgIpc) is 2.37. The fourth-order valence-corrected chi connectivity index (χ4v) is 2.08. The molecule has 1 saturated heterocycles. The van der Waals surface area contributed by atoms with E-state index in [0.29, 0.717) is 6.54 Å². The number of amides is 2. The minimum Gasteiger partial charge on any atom is -0.480 e.